The molecule has 1 unspecified atom stereocenters. The highest BCUT2D eigenvalue weighted by atomic mass is 32.2. The van der Waals surface area contributed by atoms with Crippen molar-refractivity contribution in [2.75, 3.05) is 18.5 Å². The average Bonchev–Trinajstić information content (AvgIpc) is 2.34. The highest BCUT2D eigenvalue weighted by Gasteiger charge is 2.26. The van der Waals surface area contributed by atoms with E-state index in [2.05, 4.69) is 0 Å². The van der Waals surface area contributed by atoms with Crippen molar-refractivity contribution in [3.8, 4) is 0 Å². The van der Waals surface area contributed by atoms with Crippen LogP contribution in [0.15, 0.2) is 24.3 Å². The Morgan fingerprint density at radius 1 is 1.30 bits per heavy atom. The van der Waals surface area contributed by atoms with Crippen LogP contribution in [0, 0.1) is 5.41 Å². The molecule has 0 aromatic heterocycles. The van der Waals surface area contributed by atoms with Gasteiger partial charge in [0.2, 0.25) is 10.0 Å². The molecule has 114 valence electrons. The summed E-state index contributed by atoms with van der Waals surface area (Å²) in [6.45, 7) is 8.01. The summed E-state index contributed by atoms with van der Waals surface area (Å²) >= 11 is 0. The zero-order chi connectivity index (χ0) is 15.6. The minimum Gasteiger partial charge on any atom is -0.399 e. The average molecular weight is 298 g/mol. The summed E-state index contributed by atoms with van der Waals surface area (Å²) in [5, 5.41) is 0. The maximum atomic E-state index is 12.4. The number of nitrogens with zero attached hydrogens (tertiary/aromatic N) is 1. The van der Waals surface area contributed by atoms with E-state index in [-0.39, 0.29) is 17.2 Å². The molecule has 1 atom stereocenters. The Morgan fingerprint density at radius 2 is 1.90 bits per heavy atom. The Bertz CT molecular complexity index is 547. The lowest BCUT2D eigenvalue weighted by Gasteiger charge is -2.26. The Morgan fingerprint density at radius 3 is 2.40 bits per heavy atom. The standard InChI is InChI=1S/C15H26N2O2S/c1-12(13-7-6-8-14(16)11-13)17(5)20(18,19)10-9-15(2,3)4/h6-8,11-12H,9-10,16H2,1-5H3. The summed E-state index contributed by atoms with van der Waals surface area (Å²) in [7, 11) is -1.63. The molecule has 0 spiro atoms. The maximum Gasteiger partial charge on any atom is 0.214 e. The third kappa shape index (κ3) is 4.80. The predicted octanol–water partition coefficient (Wildman–Crippen LogP) is 3.03. The lowest BCUT2D eigenvalue weighted by atomic mass is 9.94. The lowest BCUT2D eigenvalue weighted by Crippen LogP contribution is -2.33. The molecular weight excluding hydrogens is 272 g/mol. The Balaban J connectivity index is 2.85. The van der Waals surface area contributed by atoms with E-state index in [0.717, 1.165) is 5.56 Å². The second-order valence-corrected chi connectivity index (χ2v) is 8.64. The number of nitrogen functional groups attached to an aromatic ring is 1. The van der Waals surface area contributed by atoms with Gasteiger partial charge in [0.1, 0.15) is 0 Å². The smallest absolute Gasteiger partial charge is 0.214 e. The molecule has 2 N–H and O–H groups in total. The zero-order valence-electron chi connectivity index (χ0n) is 13.1. The van der Waals surface area contributed by atoms with Crippen molar-refractivity contribution in [1.29, 1.82) is 0 Å². The first-order chi connectivity index (χ1) is 9.03. The summed E-state index contributed by atoms with van der Waals surface area (Å²) in [6, 6.07) is 7.14. The first-order valence-corrected chi connectivity index (χ1v) is 8.45. The topological polar surface area (TPSA) is 63.4 Å². The molecule has 20 heavy (non-hydrogen) atoms. The van der Waals surface area contributed by atoms with Gasteiger partial charge in [0.05, 0.1) is 5.75 Å². The number of hydrogen-bond acceptors (Lipinski definition) is 3. The Labute approximate surface area is 123 Å². The highest BCUT2D eigenvalue weighted by Crippen LogP contribution is 2.26. The monoisotopic (exact) mass is 298 g/mol. The fourth-order valence-electron chi connectivity index (χ4n) is 1.85. The molecule has 1 aromatic carbocycles. The van der Waals surface area contributed by atoms with E-state index in [4.69, 9.17) is 5.73 Å². The molecule has 4 nitrogen and oxygen atoms in total. The van der Waals surface area contributed by atoms with Crippen molar-refractivity contribution in [3.63, 3.8) is 0 Å². The molecule has 0 aliphatic carbocycles. The van der Waals surface area contributed by atoms with Gasteiger partial charge in [0.15, 0.2) is 0 Å². The van der Waals surface area contributed by atoms with Crippen LogP contribution in [-0.2, 0) is 10.0 Å². The van der Waals surface area contributed by atoms with E-state index in [1.807, 2.05) is 45.9 Å². The van der Waals surface area contributed by atoms with Crippen LogP contribution in [0.2, 0.25) is 0 Å². The molecule has 0 bridgehead atoms. The largest absolute Gasteiger partial charge is 0.399 e. The Kier molecular flexibility index (Phi) is 5.21. The van der Waals surface area contributed by atoms with Crippen LogP contribution in [0.4, 0.5) is 5.69 Å². The summed E-state index contributed by atoms with van der Waals surface area (Å²) in [5.41, 5.74) is 7.32. The molecule has 1 aromatic rings. The van der Waals surface area contributed by atoms with Gasteiger partial charge in [-0.1, -0.05) is 32.9 Å². The summed E-state index contributed by atoms with van der Waals surface area (Å²) < 4.78 is 26.2. The Hall–Kier alpha value is -1.07. The fourth-order valence-corrected chi connectivity index (χ4v) is 3.61. The quantitative estimate of drug-likeness (QED) is 0.850. The fraction of sp³-hybridized carbons (Fsp3) is 0.600. The lowest BCUT2D eigenvalue weighted by molar-refractivity contribution is 0.372. The van der Waals surface area contributed by atoms with Gasteiger partial charge < -0.3 is 5.73 Å². The first-order valence-electron chi connectivity index (χ1n) is 6.84. The second-order valence-electron chi connectivity index (χ2n) is 6.49. The molecule has 1 rings (SSSR count). The van der Waals surface area contributed by atoms with Crippen LogP contribution in [0.1, 0.15) is 45.7 Å². The van der Waals surface area contributed by atoms with E-state index in [0.29, 0.717) is 12.1 Å². The molecule has 0 aliphatic rings. The molecule has 5 heteroatoms. The number of anilines is 1. The van der Waals surface area contributed by atoms with Gasteiger partial charge >= 0.3 is 0 Å². The molecular formula is C15H26N2O2S. The predicted molar refractivity (Wildman–Crippen MR) is 84.9 cm³/mol. The molecule has 0 saturated heterocycles. The molecule has 0 radical (unpaired) electrons. The van der Waals surface area contributed by atoms with Crippen LogP contribution < -0.4 is 5.73 Å². The van der Waals surface area contributed by atoms with Gasteiger partial charge in [-0.2, -0.15) is 4.31 Å². The SMILES string of the molecule is CC(c1cccc(N)c1)N(C)S(=O)(=O)CCC(C)(C)C. The highest BCUT2D eigenvalue weighted by molar-refractivity contribution is 7.89. The van der Waals surface area contributed by atoms with Crippen molar-refractivity contribution < 1.29 is 8.42 Å². The molecule has 0 aliphatic heterocycles. The van der Waals surface area contributed by atoms with Gasteiger partial charge in [0.25, 0.3) is 0 Å². The van der Waals surface area contributed by atoms with Gasteiger partial charge in [0, 0.05) is 18.8 Å². The van der Waals surface area contributed by atoms with Crippen molar-refractivity contribution in [2.24, 2.45) is 5.41 Å². The minimum atomic E-state index is -3.26. The van der Waals surface area contributed by atoms with Crippen LogP contribution in [0.25, 0.3) is 0 Å². The van der Waals surface area contributed by atoms with Crippen molar-refractivity contribution in [1.82, 2.24) is 4.31 Å². The number of nitrogens with two attached hydrogens (primary N) is 1. The molecule has 0 heterocycles. The van der Waals surface area contributed by atoms with E-state index in [1.165, 1.54) is 4.31 Å². The van der Waals surface area contributed by atoms with Crippen LogP contribution >= 0.6 is 0 Å². The van der Waals surface area contributed by atoms with E-state index in [9.17, 15) is 8.42 Å². The van der Waals surface area contributed by atoms with Gasteiger partial charge in [-0.25, -0.2) is 8.42 Å². The molecule has 0 fully saturated rings. The normalized spacial score (nSPS) is 14.5. The van der Waals surface area contributed by atoms with Crippen molar-refractivity contribution in [3.05, 3.63) is 29.8 Å². The van der Waals surface area contributed by atoms with Gasteiger partial charge in [-0.3, -0.25) is 0 Å². The van der Waals surface area contributed by atoms with Gasteiger partial charge in [-0.05, 0) is 36.5 Å². The second kappa shape index (κ2) is 6.14. The third-order valence-corrected chi connectivity index (χ3v) is 5.40. The zero-order valence-corrected chi connectivity index (χ0v) is 13.9. The van der Waals surface area contributed by atoms with Crippen molar-refractivity contribution >= 4 is 15.7 Å². The van der Waals surface area contributed by atoms with Crippen LogP contribution in [0.5, 0.6) is 0 Å². The number of sulfonamides is 1. The number of hydrogen-bond donors (Lipinski definition) is 1. The van der Waals surface area contributed by atoms with Crippen molar-refractivity contribution in [2.45, 2.75) is 40.2 Å². The first kappa shape index (κ1) is 17.0. The van der Waals surface area contributed by atoms with Crippen LogP contribution in [0.3, 0.4) is 0 Å². The van der Waals surface area contributed by atoms with Crippen LogP contribution in [-0.4, -0.2) is 25.5 Å². The van der Waals surface area contributed by atoms with E-state index < -0.39 is 10.0 Å². The maximum absolute atomic E-state index is 12.4. The number of rotatable bonds is 5. The third-order valence-electron chi connectivity index (χ3n) is 3.49. The summed E-state index contributed by atoms with van der Waals surface area (Å²) in [4.78, 5) is 0. The summed E-state index contributed by atoms with van der Waals surface area (Å²) in [5.74, 6) is 0.166. The van der Waals surface area contributed by atoms with E-state index >= 15 is 0 Å². The van der Waals surface area contributed by atoms with E-state index in [1.54, 1.807) is 13.1 Å². The summed E-state index contributed by atoms with van der Waals surface area (Å²) in [6.07, 6.45) is 0.642. The minimum absolute atomic E-state index is 0.00826. The molecule has 0 saturated carbocycles. The molecule has 0 amide bonds. The van der Waals surface area contributed by atoms with Gasteiger partial charge in [-0.15, -0.1) is 0 Å². The number of benzene rings is 1.